The molecule has 0 heterocycles. The summed E-state index contributed by atoms with van der Waals surface area (Å²) in [7, 11) is 0. The van der Waals surface area contributed by atoms with Crippen LogP contribution in [0.2, 0.25) is 0 Å². The molecule has 0 saturated heterocycles. The van der Waals surface area contributed by atoms with Crippen LogP contribution in [-0.4, -0.2) is 29.1 Å². The number of rotatable bonds is 4. The zero-order valence-electron chi connectivity index (χ0n) is 7.50. The fourth-order valence-corrected chi connectivity index (χ4v) is 1.12. The molecule has 2 nitrogen and oxygen atoms in total. The number of hydrogen-bond donors (Lipinski definition) is 1. The van der Waals surface area contributed by atoms with E-state index in [0.29, 0.717) is 0 Å². The van der Waals surface area contributed by atoms with Crippen molar-refractivity contribution in [1.29, 1.82) is 0 Å². The van der Waals surface area contributed by atoms with Gasteiger partial charge in [-0.05, 0) is 20.3 Å². The van der Waals surface area contributed by atoms with Gasteiger partial charge in [-0.15, -0.1) is 0 Å². The number of carbonyl (C=O) groups excluding carboxylic acids is 1. The normalized spacial score (nSPS) is 12.7. The van der Waals surface area contributed by atoms with Crippen LogP contribution in [0.1, 0.15) is 27.2 Å². The minimum Gasteiger partial charge on any atom is -0.342 e. The molecule has 0 rings (SSSR count). The van der Waals surface area contributed by atoms with E-state index in [0.717, 1.165) is 19.5 Å². The van der Waals surface area contributed by atoms with Crippen molar-refractivity contribution < 1.29 is 4.79 Å². The Kier molecular flexibility index (Phi) is 5.38. The monoisotopic (exact) mass is 175 g/mol. The van der Waals surface area contributed by atoms with Gasteiger partial charge in [0, 0.05) is 13.1 Å². The highest BCUT2D eigenvalue weighted by molar-refractivity contribution is 7.81. The molecule has 0 fully saturated rings. The SMILES string of the molecule is CCCN(CC)C(=O)C(C)S. The van der Waals surface area contributed by atoms with Crippen molar-refractivity contribution in [2.75, 3.05) is 13.1 Å². The molecule has 0 aliphatic heterocycles. The molecule has 1 amide bonds. The summed E-state index contributed by atoms with van der Waals surface area (Å²) in [5.41, 5.74) is 0. The molecule has 0 bridgehead atoms. The van der Waals surface area contributed by atoms with E-state index in [1.54, 1.807) is 0 Å². The molecule has 1 atom stereocenters. The van der Waals surface area contributed by atoms with E-state index in [1.165, 1.54) is 0 Å². The highest BCUT2D eigenvalue weighted by Crippen LogP contribution is 2.01. The molecule has 0 aromatic heterocycles. The Morgan fingerprint density at radius 1 is 1.55 bits per heavy atom. The molecule has 1 unspecified atom stereocenters. The first kappa shape index (κ1) is 10.8. The Morgan fingerprint density at radius 2 is 2.09 bits per heavy atom. The van der Waals surface area contributed by atoms with Gasteiger partial charge in [0.15, 0.2) is 0 Å². The van der Waals surface area contributed by atoms with Crippen molar-refractivity contribution in [3.05, 3.63) is 0 Å². The number of carbonyl (C=O) groups is 1. The quantitative estimate of drug-likeness (QED) is 0.643. The molecule has 0 aliphatic carbocycles. The van der Waals surface area contributed by atoms with Gasteiger partial charge in [0.1, 0.15) is 0 Å². The number of hydrogen-bond acceptors (Lipinski definition) is 2. The van der Waals surface area contributed by atoms with E-state index in [9.17, 15) is 4.79 Å². The van der Waals surface area contributed by atoms with Crippen LogP contribution in [0.3, 0.4) is 0 Å². The van der Waals surface area contributed by atoms with Crippen LogP contribution >= 0.6 is 12.6 Å². The molecule has 3 heteroatoms. The first-order chi connectivity index (χ1) is 5.13. The lowest BCUT2D eigenvalue weighted by atomic mass is 10.3. The average molecular weight is 175 g/mol. The summed E-state index contributed by atoms with van der Waals surface area (Å²) >= 11 is 4.09. The first-order valence-electron chi connectivity index (χ1n) is 4.10. The summed E-state index contributed by atoms with van der Waals surface area (Å²) in [6.45, 7) is 7.50. The predicted molar refractivity (Wildman–Crippen MR) is 51.0 cm³/mol. The van der Waals surface area contributed by atoms with E-state index in [2.05, 4.69) is 19.6 Å². The van der Waals surface area contributed by atoms with Gasteiger partial charge in [0.25, 0.3) is 0 Å². The Morgan fingerprint density at radius 3 is 2.36 bits per heavy atom. The van der Waals surface area contributed by atoms with E-state index in [-0.39, 0.29) is 11.2 Å². The summed E-state index contributed by atoms with van der Waals surface area (Å²) < 4.78 is 0. The second-order valence-electron chi connectivity index (χ2n) is 2.59. The van der Waals surface area contributed by atoms with Gasteiger partial charge in [-0.3, -0.25) is 4.79 Å². The van der Waals surface area contributed by atoms with Gasteiger partial charge in [0.2, 0.25) is 5.91 Å². The molecule has 0 radical (unpaired) electrons. The van der Waals surface area contributed by atoms with Crippen LogP contribution in [0.4, 0.5) is 0 Å². The van der Waals surface area contributed by atoms with Gasteiger partial charge in [0.05, 0.1) is 5.25 Å². The zero-order chi connectivity index (χ0) is 8.85. The van der Waals surface area contributed by atoms with E-state index < -0.39 is 0 Å². The molecular weight excluding hydrogens is 158 g/mol. The first-order valence-corrected chi connectivity index (χ1v) is 4.62. The van der Waals surface area contributed by atoms with Gasteiger partial charge in [-0.1, -0.05) is 6.92 Å². The summed E-state index contributed by atoms with van der Waals surface area (Å²) in [5.74, 6) is 0.137. The Hall–Kier alpha value is -0.180. The fraction of sp³-hybridized carbons (Fsp3) is 0.875. The lowest BCUT2D eigenvalue weighted by molar-refractivity contribution is -0.130. The lowest BCUT2D eigenvalue weighted by Crippen LogP contribution is -2.36. The number of amides is 1. The molecule has 0 aliphatic rings. The van der Waals surface area contributed by atoms with E-state index >= 15 is 0 Å². The second-order valence-corrected chi connectivity index (χ2v) is 3.37. The highest BCUT2D eigenvalue weighted by atomic mass is 32.1. The van der Waals surface area contributed by atoms with E-state index in [4.69, 9.17) is 0 Å². The van der Waals surface area contributed by atoms with Gasteiger partial charge >= 0.3 is 0 Å². The maximum Gasteiger partial charge on any atom is 0.235 e. The molecule has 0 spiro atoms. The second kappa shape index (κ2) is 5.47. The van der Waals surface area contributed by atoms with Gasteiger partial charge in [-0.2, -0.15) is 12.6 Å². The summed E-state index contributed by atoms with van der Waals surface area (Å²) in [4.78, 5) is 13.1. The fourth-order valence-electron chi connectivity index (χ4n) is 0.958. The Balaban J connectivity index is 3.92. The summed E-state index contributed by atoms with van der Waals surface area (Å²) in [6.07, 6.45) is 1.01. The molecule has 0 aromatic carbocycles. The number of nitrogens with zero attached hydrogens (tertiary/aromatic N) is 1. The standard InChI is InChI=1S/C8H17NOS/c1-4-6-9(5-2)8(10)7(3)11/h7,11H,4-6H2,1-3H3. The van der Waals surface area contributed by atoms with Crippen LogP contribution in [0.25, 0.3) is 0 Å². The third-order valence-electron chi connectivity index (χ3n) is 1.54. The Labute approximate surface area is 74.4 Å². The molecular formula is C8H17NOS. The minimum absolute atomic E-state index is 0.137. The maximum atomic E-state index is 11.3. The van der Waals surface area contributed by atoms with Gasteiger partial charge in [-0.25, -0.2) is 0 Å². The van der Waals surface area contributed by atoms with Crippen molar-refractivity contribution in [2.24, 2.45) is 0 Å². The van der Waals surface area contributed by atoms with Crippen LogP contribution < -0.4 is 0 Å². The van der Waals surface area contributed by atoms with E-state index in [1.807, 2.05) is 18.7 Å². The van der Waals surface area contributed by atoms with Crippen molar-refractivity contribution in [2.45, 2.75) is 32.4 Å². The van der Waals surface area contributed by atoms with Crippen molar-refractivity contribution >= 4 is 18.5 Å². The van der Waals surface area contributed by atoms with Crippen LogP contribution in [0.5, 0.6) is 0 Å². The van der Waals surface area contributed by atoms with Gasteiger partial charge < -0.3 is 4.90 Å². The van der Waals surface area contributed by atoms with Crippen LogP contribution in [-0.2, 0) is 4.79 Å². The Bertz CT molecular complexity index is 125. The van der Waals surface area contributed by atoms with Crippen molar-refractivity contribution in [3.8, 4) is 0 Å². The highest BCUT2D eigenvalue weighted by Gasteiger charge is 2.14. The third-order valence-corrected chi connectivity index (χ3v) is 1.77. The molecule has 0 aromatic rings. The summed E-state index contributed by atoms with van der Waals surface area (Å²) in [5, 5.41) is -0.165. The van der Waals surface area contributed by atoms with Crippen molar-refractivity contribution in [3.63, 3.8) is 0 Å². The maximum absolute atomic E-state index is 11.3. The molecule has 66 valence electrons. The zero-order valence-corrected chi connectivity index (χ0v) is 8.40. The van der Waals surface area contributed by atoms with Crippen molar-refractivity contribution in [1.82, 2.24) is 4.90 Å². The third kappa shape index (κ3) is 3.65. The summed E-state index contributed by atoms with van der Waals surface area (Å²) in [6, 6.07) is 0. The smallest absolute Gasteiger partial charge is 0.235 e. The molecule has 11 heavy (non-hydrogen) atoms. The average Bonchev–Trinajstić information content (AvgIpc) is 1.98. The molecule has 0 N–H and O–H groups in total. The topological polar surface area (TPSA) is 20.3 Å². The van der Waals surface area contributed by atoms with Crippen LogP contribution in [0.15, 0.2) is 0 Å². The molecule has 0 saturated carbocycles. The predicted octanol–water partition coefficient (Wildman–Crippen LogP) is 1.56. The minimum atomic E-state index is -0.165. The lowest BCUT2D eigenvalue weighted by Gasteiger charge is -2.21. The largest absolute Gasteiger partial charge is 0.342 e. The van der Waals surface area contributed by atoms with Crippen LogP contribution in [0, 0.1) is 0 Å². The number of thiol groups is 1.